The second-order valence-corrected chi connectivity index (χ2v) is 23.5. The Morgan fingerprint density at radius 2 is 0.435 bits per heavy atom. The smallest absolute Gasteiger partial charge is 0.179 e. The van der Waals surface area contributed by atoms with Crippen molar-refractivity contribution < 1.29 is 0 Å². The average molecular weight is 824 g/mol. The highest BCUT2D eigenvalue weighted by Gasteiger charge is 2.42. The van der Waals surface area contributed by atoms with Gasteiger partial charge in [0.15, 0.2) is 16.1 Å². The summed E-state index contributed by atoms with van der Waals surface area (Å²) in [4.78, 5) is 5.61. The van der Waals surface area contributed by atoms with Gasteiger partial charge in [-0.1, -0.05) is 261 Å². The van der Waals surface area contributed by atoms with Crippen molar-refractivity contribution in [2.75, 3.05) is 0 Å². The summed E-state index contributed by atoms with van der Waals surface area (Å²) < 4.78 is 0. The molecule has 0 saturated heterocycles. The topological polar surface area (TPSA) is 12.9 Å². The van der Waals surface area contributed by atoms with Crippen LogP contribution in [0.2, 0.25) is 0 Å². The minimum atomic E-state index is -2.77. The van der Waals surface area contributed by atoms with E-state index in [1.165, 1.54) is 41.5 Å². The van der Waals surface area contributed by atoms with Crippen LogP contribution in [-0.2, 0) is 0 Å². The molecule has 0 saturated carbocycles. The first kappa shape index (κ1) is 38.7. The fraction of sp³-hybridized carbons (Fsp3) is 0. The molecule has 62 heavy (non-hydrogen) atoms. The van der Waals surface area contributed by atoms with Crippen LogP contribution in [0.5, 0.6) is 0 Å². The Hall–Kier alpha value is -7.44. The Kier molecular flexibility index (Phi) is 10.8. The maximum atomic E-state index is 5.61. The van der Waals surface area contributed by atoms with Gasteiger partial charge in [-0.15, -0.1) is 0 Å². The number of nitrogens with zero attached hydrogens (tertiary/aromatic N) is 1. The molecular weight excluding hydrogens is 779 g/mol. The van der Waals surface area contributed by atoms with Crippen LogP contribution in [0, 0.1) is 0 Å². The molecule has 9 aromatic carbocycles. The summed E-state index contributed by atoms with van der Waals surface area (Å²) in [7, 11) is -5.54. The van der Waals surface area contributed by atoms with Crippen LogP contribution in [0.4, 0.5) is 0 Å². The molecule has 294 valence electrons. The van der Waals surface area contributed by atoms with E-state index in [0.29, 0.717) is 0 Å². The third kappa shape index (κ3) is 7.07. The molecule has 1 nitrogen and oxygen atoms in total. The van der Waals surface area contributed by atoms with Gasteiger partial charge in [0.25, 0.3) is 0 Å². The maximum Gasteiger partial charge on any atom is 0.179 e. The van der Waals surface area contributed by atoms with Gasteiger partial charge in [-0.3, -0.25) is 0 Å². The van der Waals surface area contributed by atoms with Gasteiger partial charge in [0.1, 0.15) is 0 Å². The molecule has 10 rings (SSSR count). The molecule has 0 bridgehead atoms. The van der Waals surface area contributed by atoms with Crippen molar-refractivity contribution in [3.8, 4) is 33.6 Å². The van der Waals surface area contributed by atoms with Gasteiger partial charge in [0.05, 0.1) is 11.4 Å². The Labute approximate surface area is 367 Å². The lowest BCUT2D eigenvalue weighted by molar-refractivity contribution is 1.32. The van der Waals surface area contributed by atoms with Gasteiger partial charge in [0, 0.05) is 11.1 Å². The molecule has 0 aliphatic heterocycles. The molecule has 1 aromatic heterocycles. The van der Waals surface area contributed by atoms with Crippen LogP contribution < -0.4 is 41.5 Å². The molecule has 0 unspecified atom stereocenters. The Morgan fingerprint density at radius 3 is 0.726 bits per heavy atom. The SMILES string of the molecule is c1ccc(-c2cc(-c3cccc([Si](c4ccccc4)(c4ccccc4)c4ccccc4)c3)nc(-c3cccc([Si](c4ccccc4)(c4ccccc4)c4ccccc4)c3)c2)cc1. The van der Waals surface area contributed by atoms with Gasteiger partial charge in [0.2, 0.25) is 0 Å². The quantitative estimate of drug-likeness (QED) is 0.0940. The minimum Gasteiger partial charge on any atom is -0.248 e. The second kappa shape index (κ2) is 17.3. The minimum absolute atomic E-state index is 0.948. The average Bonchev–Trinajstić information content (AvgIpc) is 3.37. The van der Waals surface area contributed by atoms with E-state index in [2.05, 4.69) is 273 Å². The number of benzene rings is 9. The summed E-state index contributed by atoms with van der Waals surface area (Å²) in [6.07, 6.45) is 0. The summed E-state index contributed by atoms with van der Waals surface area (Å²) in [5, 5.41) is 10.7. The highest BCUT2D eigenvalue weighted by molar-refractivity contribution is 7.20. The number of hydrogen-bond acceptors (Lipinski definition) is 1. The van der Waals surface area contributed by atoms with Crippen molar-refractivity contribution >= 4 is 57.6 Å². The van der Waals surface area contributed by atoms with E-state index in [1.807, 2.05) is 0 Å². The number of rotatable bonds is 11. The fourth-order valence-electron chi connectivity index (χ4n) is 9.58. The highest BCUT2D eigenvalue weighted by Crippen LogP contribution is 2.30. The molecule has 10 aromatic rings. The standard InChI is InChI=1S/C59H45NSi2/c1-8-24-46(25-9-1)49-44-58(47-26-22-40-56(42-47)61(50-28-10-2-11-29-50,51-30-12-3-13-31-51)52-32-14-4-15-33-52)60-59(45-49)48-27-23-41-57(43-48)62(53-34-16-5-17-35-53,54-36-18-6-19-37-54)55-38-20-7-21-39-55/h1-45H. The fourth-order valence-corrected chi connectivity index (χ4v) is 19.2. The molecule has 0 amide bonds. The van der Waals surface area contributed by atoms with E-state index in [-0.39, 0.29) is 0 Å². The van der Waals surface area contributed by atoms with Crippen LogP contribution >= 0.6 is 0 Å². The van der Waals surface area contributed by atoms with Crippen molar-refractivity contribution in [1.82, 2.24) is 4.98 Å². The molecule has 0 N–H and O–H groups in total. The summed E-state index contributed by atoms with van der Waals surface area (Å²) in [6, 6.07) is 101. The van der Waals surface area contributed by atoms with E-state index in [4.69, 9.17) is 4.98 Å². The van der Waals surface area contributed by atoms with Crippen LogP contribution in [0.1, 0.15) is 0 Å². The van der Waals surface area contributed by atoms with Crippen molar-refractivity contribution in [3.63, 3.8) is 0 Å². The van der Waals surface area contributed by atoms with Gasteiger partial charge in [-0.05, 0) is 64.8 Å². The molecule has 0 spiro atoms. The van der Waals surface area contributed by atoms with Crippen LogP contribution in [0.25, 0.3) is 33.6 Å². The molecule has 0 radical (unpaired) electrons. The van der Waals surface area contributed by atoms with E-state index in [1.54, 1.807) is 0 Å². The van der Waals surface area contributed by atoms with E-state index >= 15 is 0 Å². The molecule has 0 fully saturated rings. The van der Waals surface area contributed by atoms with E-state index < -0.39 is 16.1 Å². The number of aromatic nitrogens is 1. The van der Waals surface area contributed by atoms with Gasteiger partial charge >= 0.3 is 0 Å². The molecule has 0 atom stereocenters. The lowest BCUT2D eigenvalue weighted by atomic mass is 10.00. The van der Waals surface area contributed by atoms with Gasteiger partial charge < -0.3 is 0 Å². The molecule has 0 aliphatic carbocycles. The van der Waals surface area contributed by atoms with Crippen LogP contribution in [0.3, 0.4) is 0 Å². The zero-order valence-corrected chi connectivity index (χ0v) is 36.4. The third-order valence-corrected chi connectivity index (χ3v) is 21.9. The first-order valence-electron chi connectivity index (χ1n) is 21.4. The second-order valence-electron chi connectivity index (χ2n) is 15.9. The Balaban J connectivity index is 1.20. The molecular formula is C59H45NSi2. The van der Waals surface area contributed by atoms with Crippen molar-refractivity contribution in [2.45, 2.75) is 0 Å². The van der Waals surface area contributed by atoms with Crippen LogP contribution in [0.15, 0.2) is 273 Å². The lowest BCUT2D eigenvalue weighted by Gasteiger charge is -2.34. The summed E-state index contributed by atoms with van der Waals surface area (Å²) in [5.74, 6) is 0. The number of hydrogen-bond donors (Lipinski definition) is 0. The summed E-state index contributed by atoms with van der Waals surface area (Å²) in [6.45, 7) is 0. The maximum absolute atomic E-state index is 5.61. The Bertz CT molecular complexity index is 2650. The lowest BCUT2D eigenvalue weighted by Crippen LogP contribution is -2.74. The molecule has 3 heteroatoms. The monoisotopic (exact) mass is 823 g/mol. The van der Waals surface area contributed by atoms with Crippen molar-refractivity contribution in [3.05, 3.63) is 273 Å². The molecule has 1 heterocycles. The van der Waals surface area contributed by atoms with Crippen molar-refractivity contribution in [1.29, 1.82) is 0 Å². The van der Waals surface area contributed by atoms with Crippen molar-refractivity contribution in [2.24, 2.45) is 0 Å². The first-order chi connectivity index (χ1) is 30.7. The zero-order chi connectivity index (χ0) is 41.6. The summed E-state index contributed by atoms with van der Waals surface area (Å²) >= 11 is 0. The highest BCUT2D eigenvalue weighted by atomic mass is 28.3. The predicted octanol–water partition coefficient (Wildman–Crippen LogP) is 8.84. The van der Waals surface area contributed by atoms with Crippen LogP contribution in [-0.4, -0.2) is 21.1 Å². The Morgan fingerprint density at radius 1 is 0.194 bits per heavy atom. The number of pyridine rings is 1. The van der Waals surface area contributed by atoms with Gasteiger partial charge in [-0.2, -0.15) is 0 Å². The predicted molar refractivity (Wildman–Crippen MR) is 268 cm³/mol. The summed E-state index contributed by atoms with van der Waals surface area (Å²) in [5.41, 5.74) is 6.38. The van der Waals surface area contributed by atoms with E-state index in [0.717, 1.165) is 33.6 Å². The largest absolute Gasteiger partial charge is 0.248 e. The third-order valence-electron chi connectivity index (χ3n) is 12.4. The first-order valence-corrected chi connectivity index (χ1v) is 25.4. The normalized spacial score (nSPS) is 11.5. The molecule has 0 aliphatic rings. The zero-order valence-electron chi connectivity index (χ0n) is 34.4. The van der Waals surface area contributed by atoms with Gasteiger partial charge in [-0.25, -0.2) is 4.98 Å². The van der Waals surface area contributed by atoms with E-state index in [9.17, 15) is 0 Å².